The van der Waals surface area contributed by atoms with Crippen LogP contribution in [0.2, 0.25) is 0 Å². The fourth-order valence-corrected chi connectivity index (χ4v) is 3.40. The lowest BCUT2D eigenvalue weighted by molar-refractivity contribution is -0.00358. The number of rotatable bonds is 4. The molecular weight excluding hydrogens is 264 g/mol. The SMILES string of the molecule is COc1ccc(CN2CCCC(N3CCOCC3)C2)cc1. The highest BCUT2D eigenvalue weighted by atomic mass is 16.5. The first-order valence-electron chi connectivity index (χ1n) is 8.02. The molecular formula is C17H26N2O2. The molecule has 2 aliphatic rings. The summed E-state index contributed by atoms with van der Waals surface area (Å²) >= 11 is 0. The lowest BCUT2D eigenvalue weighted by Crippen LogP contribution is -2.51. The van der Waals surface area contributed by atoms with Crippen LogP contribution in [-0.2, 0) is 11.3 Å². The largest absolute Gasteiger partial charge is 0.497 e. The van der Waals surface area contributed by atoms with Crippen molar-refractivity contribution in [1.82, 2.24) is 9.80 Å². The number of ether oxygens (including phenoxy) is 2. The molecule has 1 atom stereocenters. The van der Waals surface area contributed by atoms with Crippen LogP contribution in [0.25, 0.3) is 0 Å². The van der Waals surface area contributed by atoms with E-state index in [2.05, 4.69) is 34.1 Å². The minimum Gasteiger partial charge on any atom is -0.497 e. The highest BCUT2D eigenvalue weighted by molar-refractivity contribution is 5.27. The molecule has 21 heavy (non-hydrogen) atoms. The third-order valence-electron chi connectivity index (χ3n) is 4.61. The maximum Gasteiger partial charge on any atom is 0.118 e. The number of morpholine rings is 1. The second-order valence-electron chi connectivity index (χ2n) is 6.03. The Balaban J connectivity index is 1.55. The molecule has 2 aliphatic heterocycles. The van der Waals surface area contributed by atoms with E-state index in [0.29, 0.717) is 6.04 Å². The number of nitrogens with zero attached hydrogens (tertiary/aromatic N) is 2. The van der Waals surface area contributed by atoms with Crippen molar-refractivity contribution in [2.24, 2.45) is 0 Å². The van der Waals surface area contributed by atoms with Crippen LogP contribution in [-0.4, -0.2) is 62.3 Å². The van der Waals surface area contributed by atoms with Gasteiger partial charge in [-0.15, -0.1) is 0 Å². The van der Waals surface area contributed by atoms with Crippen LogP contribution in [0.1, 0.15) is 18.4 Å². The molecule has 2 fully saturated rings. The van der Waals surface area contributed by atoms with Crippen LogP contribution in [0.4, 0.5) is 0 Å². The van der Waals surface area contributed by atoms with E-state index in [-0.39, 0.29) is 0 Å². The molecule has 4 nitrogen and oxygen atoms in total. The van der Waals surface area contributed by atoms with E-state index in [1.54, 1.807) is 7.11 Å². The van der Waals surface area contributed by atoms with Crippen molar-refractivity contribution < 1.29 is 9.47 Å². The average Bonchev–Trinajstić information content (AvgIpc) is 2.57. The zero-order chi connectivity index (χ0) is 14.5. The van der Waals surface area contributed by atoms with Gasteiger partial charge in [0.2, 0.25) is 0 Å². The van der Waals surface area contributed by atoms with Crippen LogP contribution >= 0.6 is 0 Å². The molecule has 0 aromatic heterocycles. The molecule has 2 heterocycles. The normalized spacial score (nSPS) is 24.9. The van der Waals surface area contributed by atoms with Crippen molar-refractivity contribution in [3.63, 3.8) is 0 Å². The van der Waals surface area contributed by atoms with Crippen molar-refractivity contribution in [3.05, 3.63) is 29.8 Å². The fraction of sp³-hybridized carbons (Fsp3) is 0.647. The Kier molecular flexibility index (Phi) is 5.12. The number of hydrogen-bond acceptors (Lipinski definition) is 4. The maximum absolute atomic E-state index is 5.47. The number of likely N-dealkylation sites (tertiary alicyclic amines) is 1. The van der Waals surface area contributed by atoms with Gasteiger partial charge in [-0.1, -0.05) is 12.1 Å². The molecule has 116 valence electrons. The van der Waals surface area contributed by atoms with E-state index in [9.17, 15) is 0 Å². The summed E-state index contributed by atoms with van der Waals surface area (Å²) in [5.41, 5.74) is 1.37. The zero-order valence-corrected chi connectivity index (χ0v) is 13.0. The van der Waals surface area contributed by atoms with E-state index in [0.717, 1.165) is 38.6 Å². The van der Waals surface area contributed by atoms with Gasteiger partial charge < -0.3 is 9.47 Å². The van der Waals surface area contributed by atoms with Crippen molar-refractivity contribution >= 4 is 0 Å². The van der Waals surface area contributed by atoms with Gasteiger partial charge in [0.15, 0.2) is 0 Å². The van der Waals surface area contributed by atoms with E-state index < -0.39 is 0 Å². The third kappa shape index (κ3) is 3.96. The second kappa shape index (κ2) is 7.25. The quantitative estimate of drug-likeness (QED) is 0.847. The van der Waals surface area contributed by atoms with Crippen molar-refractivity contribution in [3.8, 4) is 5.75 Å². The fourth-order valence-electron chi connectivity index (χ4n) is 3.40. The van der Waals surface area contributed by atoms with Gasteiger partial charge >= 0.3 is 0 Å². The minimum atomic E-state index is 0.709. The van der Waals surface area contributed by atoms with Crippen LogP contribution in [0.5, 0.6) is 5.75 Å². The van der Waals surface area contributed by atoms with Crippen LogP contribution in [0, 0.1) is 0 Å². The molecule has 0 bridgehead atoms. The van der Waals surface area contributed by atoms with Crippen molar-refractivity contribution in [1.29, 1.82) is 0 Å². The van der Waals surface area contributed by atoms with Gasteiger partial charge in [-0.3, -0.25) is 9.80 Å². The lowest BCUT2D eigenvalue weighted by Gasteiger charge is -2.40. The predicted octanol–water partition coefficient (Wildman–Crippen LogP) is 1.99. The van der Waals surface area contributed by atoms with Gasteiger partial charge in [-0.2, -0.15) is 0 Å². The summed E-state index contributed by atoms with van der Waals surface area (Å²) < 4.78 is 10.7. The van der Waals surface area contributed by atoms with Gasteiger partial charge in [-0.25, -0.2) is 0 Å². The summed E-state index contributed by atoms with van der Waals surface area (Å²) in [6.45, 7) is 7.44. The molecule has 0 saturated carbocycles. The summed E-state index contributed by atoms with van der Waals surface area (Å²) in [5, 5.41) is 0. The average molecular weight is 290 g/mol. The van der Waals surface area contributed by atoms with Gasteiger partial charge in [0.05, 0.1) is 20.3 Å². The summed E-state index contributed by atoms with van der Waals surface area (Å²) in [5.74, 6) is 0.934. The van der Waals surface area contributed by atoms with Crippen molar-refractivity contribution in [2.75, 3.05) is 46.5 Å². The van der Waals surface area contributed by atoms with E-state index in [1.807, 2.05) is 0 Å². The zero-order valence-electron chi connectivity index (χ0n) is 13.0. The Labute approximate surface area is 127 Å². The number of hydrogen-bond donors (Lipinski definition) is 0. The Hall–Kier alpha value is -1.10. The first kappa shape index (κ1) is 14.8. The Morgan fingerprint density at radius 1 is 1.14 bits per heavy atom. The molecule has 4 heteroatoms. The third-order valence-corrected chi connectivity index (χ3v) is 4.61. The molecule has 2 saturated heterocycles. The van der Waals surface area contributed by atoms with Crippen LogP contribution in [0.3, 0.4) is 0 Å². The molecule has 3 rings (SSSR count). The second-order valence-corrected chi connectivity index (χ2v) is 6.03. The molecule has 0 aliphatic carbocycles. The molecule has 0 amide bonds. The van der Waals surface area contributed by atoms with E-state index >= 15 is 0 Å². The first-order valence-corrected chi connectivity index (χ1v) is 8.02. The van der Waals surface area contributed by atoms with Gasteiger partial charge in [0, 0.05) is 32.2 Å². The summed E-state index contributed by atoms with van der Waals surface area (Å²) in [7, 11) is 1.71. The molecule has 0 radical (unpaired) electrons. The Morgan fingerprint density at radius 3 is 2.62 bits per heavy atom. The first-order chi connectivity index (χ1) is 10.3. The van der Waals surface area contributed by atoms with Crippen LogP contribution in [0.15, 0.2) is 24.3 Å². The number of methoxy groups -OCH3 is 1. The molecule has 0 N–H and O–H groups in total. The van der Waals surface area contributed by atoms with Crippen molar-refractivity contribution in [2.45, 2.75) is 25.4 Å². The summed E-state index contributed by atoms with van der Waals surface area (Å²) in [6.07, 6.45) is 2.64. The topological polar surface area (TPSA) is 24.9 Å². The number of benzene rings is 1. The van der Waals surface area contributed by atoms with E-state index in [1.165, 1.54) is 31.5 Å². The van der Waals surface area contributed by atoms with Gasteiger partial charge in [0.25, 0.3) is 0 Å². The smallest absolute Gasteiger partial charge is 0.118 e. The predicted molar refractivity (Wildman–Crippen MR) is 83.7 cm³/mol. The minimum absolute atomic E-state index is 0.709. The standard InChI is InChI=1S/C17H26N2O2/c1-20-17-6-4-15(5-7-17)13-18-8-2-3-16(14-18)19-9-11-21-12-10-19/h4-7,16H,2-3,8-14H2,1H3. The summed E-state index contributed by atoms with van der Waals surface area (Å²) in [6, 6.07) is 9.17. The molecule has 0 spiro atoms. The molecule has 1 aromatic rings. The van der Waals surface area contributed by atoms with Crippen LogP contribution < -0.4 is 4.74 Å². The highest BCUT2D eigenvalue weighted by Crippen LogP contribution is 2.20. The maximum atomic E-state index is 5.47. The molecule has 1 aromatic carbocycles. The van der Waals surface area contributed by atoms with Gasteiger partial charge in [0.1, 0.15) is 5.75 Å². The Morgan fingerprint density at radius 2 is 1.90 bits per heavy atom. The summed E-state index contributed by atoms with van der Waals surface area (Å²) in [4.78, 5) is 5.20. The molecule has 1 unspecified atom stereocenters. The highest BCUT2D eigenvalue weighted by Gasteiger charge is 2.26. The number of piperidine rings is 1. The monoisotopic (exact) mass is 290 g/mol. The van der Waals surface area contributed by atoms with Gasteiger partial charge in [-0.05, 0) is 37.1 Å². The lowest BCUT2D eigenvalue weighted by atomic mass is 10.0. The van der Waals surface area contributed by atoms with E-state index in [4.69, 9.17) is 9.47 Å². The Bertz CT molecular complexity index is 429.